The van der Waals surface area contributed by atoms with Gasteiger partial charge in [0.1, 0.15) is 42.0 Å². The van der Waals surface area contributed by atoms with Crippen molar-refractivity contribution in [2.45, 2.75) is 49.7 Å². The molecule has 1 fully saturated rings. The van der Waals surface area contributed by atoms with Gasteiger partial charge in [0.25, 0.3) is 0 Å². The van der Waals surface area contributed by atoms with E-state index in [0.29, 0.717) is 24.2 Å². The van der Waals surface area contributed by atoms with E-state index in [4.69, 9.17) is 18.9 Å². The molecule has 6 unspecified atom stereocenters. The number of hydrogen-bond donors (Lipinski definition) is 6. The van der Waals surface area contributed by atoms with Gasteiger partial charge in [-0.15, -0.1) is 0 Å². The van der Waals surface area contributed by atoms with E-state index in [9.17, 15) is 30.6 Å². The largest absolute Gasteiger partial charge is 0.508 e. The van der Waals surface area contributed by atoms with Gasteiger partial charge in [-0.05, 0) is 42.2 Å². The number of phenols is 2. The Hall–Kier alpha value is -2.76. The van der Waals surface area contributed by atoms with Crippen molar-refractivity contribution < 1.29 is 49.6 Å². The van der Waals surface area contributed by atoms with Crippen LogP contribution < -0.4 is 14.2 Å². The summed E-state index contributed by atoms with van der Waals surface area (Å²) in [5.74, 6) is 0.355. The molecule has 2 aromatic carbocycles. The minimum Gasteiger partial charge on any atom is -0.508 e. The van der Waals surface area contributed by atoms with Crippen molar-refractivity contribution in [3.05, 3.63) is 41.5 Å². The molecule has 174 valence electrons. The molecule has 6 atom stereocenters. The van der Waals surface area contributed by atoms with Crippen LogP contribution in [0, 0.1) is 0 Å². The van der Waals surface area contributed by atoms with E-state index in [1.165, 1.54) is 19.2 Å². The molecule has 10 nitrogen and oxygen atoms in total. The second kappa shape index (κ2) is 9.00. The number of hydrogen-bond acceptors (Lipinski definition) is 10. The van der Waals surface area contributed by atoms with Gasteiger partial charge in [0.15, 0.2) is 11.5 Å². The topological polar surface area (TPSA) is 158 Å². The highest BCUT2D eigenvalue weighted by molar-refractivity contribution is 5.54. The summed E-state index contributed by atoms with van der Waals surface area (Å²) in [5, 5.41) is 59.8. The van der Waals surface area contributed by atoms with Crippen molar-refractivity contribution in [3.8, 4) is 28.7 Å². The molecule has 2 heterocycles. The molecule has 0 spiro atoms. The molecule has 1 saturated heterocycles. The van der Waals surface area contributed by atoms with Crippen molar-refractivity contribution in [3.63, 3.8) is 0 Å². The fourth-order valence-electron chi connectivity index (χ4n) is 3.97. The predicted molar refractivity (Wildman–Crippen MR) is 109 cm³/mol. The molecule has 2 aliphatic heterocycles. The summed E-state index contributed by atoms with van der Waals surface area (Å²) in [6.07, 6.45) is -6.52. The van der Waals surface area contributed by atoms with E-state index in [-0.39, 0.29) is 23.0 Å². The van der Waals surface area contributed by atoms with E-state index >= 15 is 0 Å². The zero-order chi connectivity index (χ0) is 23.0. The number of phenolic OH excluding ortho intramolecular Hbond substituents is 2. The number of aliphatic hydroxyl groups excluding tert-OH is 4. The molecule has 6 N–H and O–H groups in total. The molecular weight excluding hydrogens is 424 g/mol. The minimum absolute atomic E-state index is 0.0112. The summed E-state index contributed by atoms with van der Waals surface area (Å²) in [7, 11) is 1.32. The molecule has 0 aromatic heterocycles. The number of benzene rings is 2. The van der Waals surface area contributed by atoms with Crippen molar-refractivity contribution in [1.82, 2.24) is 0 Å². The molecular formula is C22H26O10. The molecule has 32 heavy (non-hydrogen) atoms. The van der Waals surface area contributed by atoms with Crippen LogP contribution >= 0.6 is 0 Å². The highest BCUT2D eigenvalue weighted by atomic mass is 16.7. The van der Waals surface area contributed by atoms with Gasteiger partial charge in [0.05, 0.1) is 13.7 Å². The summed E-state index contributed by atoms with van der Waals surface area (Å²) in [6, 6.07) is 7.93. The first-order valence-corrected chi connectivity index (χ1v) is 10.2. The number of aryl methyl sites for hydroxylation is 1. The van der Waals surface area contributed by atoms with Crippen molar-refractivity contribution in [1.29, 1.82) is 0 Å². The number of fused-ring (bicyclic) bond motifs is 1. The van der Waals surface area contributed by atoms with Gasteiger partial charge in [0.2, 0.25) is 12.0 Å². The molecule has 0 saturated carbocycles. The van der Waals surface area contributed by atoms with Crippen LogP contribution in [0.15, 0.2) is 30.3 Å². The fraction of sp³-hybridized carbons (Fsp3) is 0.455. The predicted octanol–water partition coefficient (Wildman–Crippen LogP) is 0.351. The third-order valence-corrected chi connectivity index (χ3v) is 5.72. The Bertz CT molecular complexity index is 962. The van der Waals surface area contributed by atoms with Gasteiger partial charge in [0, 0.05) is 6.07 Å². The van der Waals surface area contributed by atoms with Crippen molar-refractivity contribution in [2.24, 2.45) is 0 Å². The summed E-state index contributed by atoms with van der Waals surface area (Å²) < 4.78 is 22.3. The lowest BCUT2D eigenvalue weighted by molar-refractivity contribution is -0.277. The van der Waals surface area contributed by atoms with Crippen LogP contribution in [0.25, 0.3) is 0 Å². The van der Waals surface area contributed by atoms with E-state index in [1.54, 1.807) is 18.2 Å². The quantitative estimate of drug-likeness (QED) is 0.375. The van der Waals surface area contributed by atoms with Crippen LogP contribution in [-0.4, -0.2) is 75.1 Å². The van der Waals surface area contributed by atoms with Crippen molar-refractivity contribution >= 4 is 0 Å². The highest BCUT2D eigenvalue weighted by Crippen LogP contribution is 2.44. The standard InChI is InChI=1S/C22H26O10/c1-29-21-13(25)6-11(14-5-3-10-2-4-12(24)8-15(10)30-14)7-16(21)31-22-20(28)19(27)18(26)17(9-23)32-22/h2,4,6-8,14,17-20,22-28H,3,5,9H2,1H3. The SMILES string of the molecule is COc1c(O)cc(C2CCc3ccc(O)cc3O2)cc1OC1OC(CO)C(O)C(O)C1O. The number of rotatable bonds is 5. The maximum absolute atomic E-state index is 10.5. The lowest BCUT2D eigenvalue weighted by Gasteiger charge is -2.39. The van der Waals surface area contributed by atoms with Crippen LogP contribution in [0.5, 0.6) is 28.7 Å². The Morgan fingerprint density at radius 1 is 1.03 bits per heavy atom. The van der Waals surface area contributed by atoms with E-state index in [2.05, 4.69) is 0 Å². The van der Waals surface area contributed by atoms with E-state index in [1.807, 2.05) is 0 Å². The third-order valence-electron chi connectivity index (χ3n) is 5.72. The lowest BCUT2D eigenvalue weighted by Crippen LogP contribution is -2.60. The summed E-state index contributed by atoms with van der Waals surface area (Å²) in [6.45, 7) is -0.602. The molecule has 10 heteroatoms. The Morgan fingerprint density at radius 2 is 1.81 bits per heavy atom. The summed E-state index contributed by atoms with van der Waals surface area (Å²) in [4.78, 5) is 0. The first-order valence-electron chi connectivity index (χ1n) is 10.2. The molecule has 2 aromatic rings. The van der Waals surface area contributed by atoms with Crippen LogP contribution in [0.3, 0.4) is 0 Å². The van der Waals surface area contributed by atoms with Crippen LogP contribution in [0.4, 0.5) is 0 Å². The zero-order valence-corrected chi connectivity index (χ0v) is 17.3. The summed E-state index contributed by atoms with van der Waals surface area (Å²) in [5.41, 5.74) is 1.51. The van der Waals surface area contributed by atoms with Crippen LogP contribution in [0.2, 0.25) is 0 Å². The van der Waals surface area contributed by atoms with Gasteiger partial charge in [-0.2, -0.15) is 0 Å². The second-order valence-electron chi connectivity index (χ2n) is 7.82. The first kappa shape index (κ1) is 22.4. The first-order chi connectivity index (χ1) is 15.3. The van der Waals surface area contributed by atoms with Crippen LogP contribution in [0.1, 0.15) is 23.7 Å². The maximum Gasteiger partial charge on any atom is 0.229 e. The van der Waals surface area contributed by atoms with Gasteiger partial charge in [-0.25, -0.2) is 0 Å². The normalized spacial score (nSPS) is 29.7. The molecule has 2 aliphatic rings. The third kappa shape index (κ3) is 4.15. The Balaban J connectivity index is 1.62. The van der Waals surface area contributed by atoms with Gasteiger partial charge < -0.3 is 49.6 Å². The van der Waals surface area contributed by atoms with Gasteiger partial charge in [-0.3, -0.25) is 0 Å². The van der Waals surface area contributed by atoms with E-state index in [0.717, 1.165) is 5.56 Å². The average molecular weight is 450 g/mol. The Kier molecular flexibility index (Phi) is 6.31. The van der Waals surface area contributed by atoms with Crippen LogP contribution in [-0.2, 0) is 11.2 Å². The second-order valence-corrected chi connectivity index (χ2v) is 7.82. The van der Waals surface area contributed by atoms with Crippen molar-refractivity contribution in [2.75, 3.05) is 13.7 Å². The average Bonchev–Trinajstić information content (AvgIpc) is 2.78. The zero-order valence-electron chi connectivity index (χ0n) is 17.3. The number of ether oxygens (including phenoxy) is 4. The fourth-order valence-corrected chi connectivity index (χ4v) is 3.97. The molecule has 0 aliphatic carbocycles. The smallest absolute Gasteiger partial charge is 0.229 e. The molecule has 0 radical (unpaired) electrons. The minimum atomic E-state index is -1.62. The Morgan fingerprint density at radius 3 is 2.53 bits per heavy atom. The molecule has 4 rings (SSSR count). The molecule has 0 bridgehead atoms. The maximum atomic E-state index is 10.5. The Labute approximate surface area is 183 Å². The number of aliphatic hydroxyl groups is 4. The lowest BCUT2D eigenvalue weighted by atomic mass is 9.96. The monoisotopic (exact) mass is 450 g/mol. The van der Waals surface area contributed by atoms with E-state index < -0.39 is 43.4 Å². The summed E-state index contributed by atoms with van der Waals surface area (Å²) >= 11 is 0. The highest BCUT2D eigenvalue weighted by Gasteiger charge is 2.45. The van der Waals surface area contributed by atoms with Gasteiger partial charge >= 0.3 is 0 Å². The number of methoxy groups -OCH3 is 1. The molecule has 0 amide bonds. The van der Waals surface area contributed by atoms with Gasteiger partial charge in [-0.1, -0.05) is 6.07 Å². The number of aromatic hydroxyl groups is 2.